The van der Waals surface area contributed by atoms with E-state index in [4.69, 9.17) is 10.8 Å². The average molecular weight is 158 g/mol. The van der Waals surface area contributed by atoms with Crippen LogP contribution in [-0.4, -0.2) is 41.3 Å². The summed E-state index contributed by atoms with van der Waals surface area (Å²) in [6, 6.07) is 0. The van der Waals surface area contributed by atoms with Gasteiger partial charge in [-0.05, 0) is 27.3 Å². The predicted molar refractivity (Wildman–Crippen MR) is 45.3 cm³/mol. The highest BCUT2D eigenvalue weighted by atomic mass is 16.3. The van der Waals surface area contributed by atoms with E-state index in [1.807, 2.05) is 7.05 Å². The molecule has 0 aromatic heterocycles. The van der Waals surface area contributed by atoms with Crippen molar-refractivity contribution < 1.29 is 5.11 Å². The largest absolute Gasteiger partial charge is 0.394 e. The number of nitrogens with two attached hydrogens (primary N) is 1. The summed E-state index contributed by atoms with van der Waals surface area (Å²) in [5, 5.41) is 9.13. The zero-order valence-electron chi connectivity index (χ0n) is 7.59. The summed E-state index contributed by atoms with van der Waals surface area (Å²) in [7, 11) is 2.05. The maximum atomic E-state index is 9.13. The molecule has 0 aromatic rings. The van der Waals surface area contributed by atoms with Crippen molar-refractivity contribution in [1.82, 2.24) is 4.90 Å². The third-order valence-electron chi connectivity index (χ3n) is 3.35. The topological polar surface area (TPSA) is 49.5 Å². The number of hydrogen-bond donors (Lipinski definition) is 2. The molecule has 3 nitrogen and oxygen atoms in total. The second-order valence-electron chi connectivity index (χ2n) is 4.04. The van der Waals surface area contributed by atoms with Crippen LogP contribution in [-0.2, 0) is 0 Å². The molecule has 1 aliphatic rings. The number of likely N-dealkylation sites (tertiary alicyclic amines) is 1. The zero-order valence-corrected chi connectivity index (χ0v) is 7.59. The lowest BCUT2D eigenvalue weighted by Crippen LogP contribution is -2.60. The number of likely N-dealkylation sites (N-methyl/N-ethyl adjacent to an activating group) is 1. The fourth-order valence-corrected chi connectivity index (χ4v) is 1.61. The maximum Gasteiger partial charge on any atom is 0.0629 e. The van der Waals surface area contributed by atoms with Crippen LogP contribution in [0.5, 0.6) is 0 Å². The Bertz CT molecular complexity index is 155. The Morgan fingerprint density at radius 2 is 2.09 bits per heavy atom. The van der Waals surface area contributed by atoms with Crippen LogP contribution in [0.4, 0.5) is 0 Å². The molecule has 1 atom stereocenters. The molecule has 0 radical (unpaired) electrons. The lowest BCUT2D eigenvalue weighted by atomic mass is 9.82. The van der Waals surface area contributed by atoms with E-state index in [1.165, 1.54) is 0 Å². The SMILES string of the molecule is CN1CCC(N)(CO)C1(C)C. The molecule has 1 aliphatic heterocycles. The number of nitrogens with zero attached hydrogens (tertiary/aromatic N) is 1. The van der Waals surface area contributed by atoms with E-state index < -0.39 is 5.54 Å². The van der Waals surface area contributed by atoms with E-state index in [0.717, 1.165) is 13.0 Å². The highest BCUT2D eigenvalue weighted by Gasteiger charge is 2.48. The standard InChI is InChI=1S/C8H18N2O/c1-7(2)8(9,6-11)4-5-10(7)3/h11H,4-6,9H2,1-3H3. The second kappa shape index (κ2) is 2.44. The van der Waals surface area contributed by atoms with Gasteiger partial charge in [-0.15, -0.1) is 0 Å². The van der Waals surface area contributed by atoms with Crippen molar-refractivity contribution in [3.05, 3.63) is 0 Å². The van der Waals surface area contributed by atoms with Crippen molar-refractivity contribution in [3.63, 3.8) is 0 Å². The first-order valence-electron chi connectivity index (χ1n) is 4.05. The molecule has 1 saturated heterocycles. The van der Waals surface area contributed by atoms with Gasteiger partial charge in [0.25, 0.3) is 0 Å². The molecule has 11 heavy (non-hydrogen) atoms. The molecule has 0 aliphatic carbocycles. The van der Waals surface area contributed by atoms with Crippen LogP contribution >= 0.6 is 0 Å². The van der Waals surface area contributed by atoms with Gasteiger partial charge in [0.05, 0.1) is 12.1 Å². The number of rotatable bonds is 1. The summed E-state index contributed by atoms with van der Waals surface area (Å²) in [5.74, 6) is 0. The summed E-state index contributed by atoms with van der Waals surface area (Å²) in [6.07, 6.45) is 0.882. The lowest BCUT2D eigenvalue weighted by Gasteiger charge is -2.40. The van der Waals surface area contributed by atoms with Gasteiger partial charge in [0.2, 0.25) is 0 Å². The highest BCUT2D eigenvalue weighted by molar-refractivity contribution is 5.09. The summed E-state index contributed by atoms with van der Waals surface area (Å²) in [5.41, 5.74) is 5.54. The Hall–Kier alpha value is -0.120. The first kappa shape index (κ1) is 8.97. The molecule has 1 fully saturated rings. The predicted octanol–water partition coefficient (Wildman–Crippen LogP) is -0.210. The van der Waals surface area contributed by atoms with Crippen molar-refractivity contribution in [2.45, 2.75) is 31.3 Å². The zero-order chi connectivity index (χ0) is 8.70. The van der Waals surface area contributed by atoms with Crippen LogP contribution in [0.15, 0.2) is 0 Å². The molecule has 1 heterocycles. The minimum absolute atomic E-state index is 0.0737. The fourth-order valence-electron chi connectivity index (χ4n) is 1.61. The molecule has 0 amide bonds. The lowest BCUT2D eigenvalue weighted by molar-refractivity contribution is 0.0930. The van der Waals surface area contributed by atoms with Crippen LogP contribution in [0.25, 0.3) is 0 Å². The summed E-state index contributed by atoms with van der Waals surface area (Å²) in [6.45, 7) is 5.21. The molecular weight excluding hydrogens is 140 g/mol. The van der Waals surface area contributed by atoms with Gasteiger partial charge in [-0.25, -0.2) is 0 Å². The second-order valence-corrected chi connectivity index (χ2v) is 4.04. The van der Waals surface area contributed by atoms with Crippen LogP contribution in [0.1, 0.15) is 20.3 Å². The van der Waals surface area contributed by atoms with Crippen molar-refractivity contribution in [2.24, 2.45) is 5.73 Å². The average Bonchev–Trinajstić information content (AvgIpc) is 2.15. The molecule has 0 spiro atoms. The van der Waals surface area contributed by atoms with Gasteiger partial charge in [-0.1, -0.05) is 0 Å². The van der Waals surface area contributed by atoms with E-state index in [0.29, 0.717) is 0 Å². The first-order valence-corrected chi connectivity index (χ1v) is 4.05. The van der Waals surface area contributed by atoms with Gasteiger partial charge in [0.15, 0.2) is 0 Å². The maximum absolute atomic E-state index is 9.13. The molecule has 3 N–H and O–H groups in total. The van der Waals surface area contributed by atoms with E-state index in [1.54, 1.807) is 0 Å². The Morgan fingerprint density at radius 3 is 2.27 bits per heavy atom. The van der Waals surface area contributed by atoms with E-state index >= 15 is 0 Å². The van der Waals surface area contributed by atoms with Gasteiger partial charge in [0, 0.05) is 12.1 Å². The molecule has 66 valence electrons. The Morgan fingerprint density at radius 1 is 1.55 bits per heavy atom. The summed E-state index contributed by atoms with van der Waals surface area (Å²) in [4.78, 5) is 2.20. The van der Waals surface area contributed by atoms with Crippen LogP contribution in [0, 0.1) is 0 Å². The third kappa shape index (κ3) is 1.08. The monoisotopic (exact) mass is 158 g/mol. The summed E-state index contributed by atoms with van der Waals surface area (Å²) < 4.78 is 0. The Kier molecular flexibility index (Phi) is 1.99. The molecule has 0 aromatic carbocycles. The van der Waals surface area contributed by atoms with Crippen LogP contribution < -0.4 is 5.73 Å². The fraction of sp³-hybridized carbons (Fsp3) is 1.00. The summed E-state index contributed by atoms with van der Waals surface area (Å²) >= 11 is 0. The van der Waals surface area contributed by atoms with Gasteiger partial charge >= 0.3 is 0 Å². The molecule has 3 heteroatoms. The van der Waals surface area contributed by atoms with E-state index in [9.17, 15) is 0 Å². The van der Waals surface area contributed by atoms with E-state index in [-0.39, 0.29) is 12.1 Å². The number of hydrogen-bond acceptors (Lipinski definition) is 3. The Labute approximate surface area is 68.2 Å². The van der Waals surface area contributed by atoms with Crippen molar-refractivity contribution in [3.8, 4) is 0 Å². The first-order chi connectivity index (χ1) is 4.94. The number of aliphatic hydroxyl groups excluding tert-OH is 1. The van der Waals surface area contributed by atoms with Crippen molar-refractivity contribution in [1.29, 1.82) is 0 Å². The van der Waals surface area contributed by atoms with Crippen molar-refractivity contribution in [2.75, 3.05) is 20.2 Å². The van der Waals surface area contributed by atoms with Crippen LogP contribution in [0.2, 0.25) is 0 Å². The minimum Gasteiger partial charge on any atom is -0.394 e. The highest BCUT2D eigenvalue weighted by Crippen LogP contribution is 2.34. The van der Waals surface area contributed by atoms with Gasteiger partial charge in [-0.2, -0.15) is 0 Å². The molecule has 1 rings (SSSR count). The van der Waals surface area contributed by atoms with Gasteiger partial charge < -0.3 is 10.8 Å². The smallest absolute Gasteiger partial charge is 0.0629 e. The molecular formula is C8H18N2O. The van der Waals surface area contributed by atoms with Gasteiger partial charge in [0.1, 0.15) is 0 Å². The third-order valence-corrected chi connectivity index (χ3v) is 3.35. The normalized spacial score (nSPS) is 37.9. The number of aliphatic hydroxyl groups is 1. The molecule has 0 bridgehead atoms. The quantitative estimate of drug-likeness (QED) is 0.555. The molecule has 1 unspecified atom stereocenters. The van der Waals surface area contributed by atoms with E-state index in [2.05, 4.69) is 18.7 Å². The van der Waals surface area contributed by atoms with Crippen molar-refractivity contribution >= 4 is 0 Å². The minimum atomic E-state index is -0.415. The van der Waals surface area contributed by atoms with Crippen LogP contribution in [0.3, 0.4) is 0 Å². The van der Waals surface area contributed by atoms with Gasteiger partial charge in [-0.3, -0.25) is 4.90 Å². The Balaban J connectivity index is 2.86. The molecule has 0 saturated carbocycles.